The van der Waals surface area contributed by atoms with E-state index in [0.717, 1.165) is 16.8 Å². The monoisotopic (exact) mass is 367 g/mol. The number of ether oxygens (including phenoxy) is 1. The van der Waals surface area contributed by atoms with Crippen LogP contribution >= 0.6 is 0 Å². The van der Waals surface area contributed by atoms with Crippen molar-refractivity contribution in [1.82, 2.24) is 9.55 Å². The molecule has 0 aliphatic carbocycles. The second-order valence-electron chi connectivity index (χ2n) is 6.38. The first-order chi connectivity index (χ1) is 13.7. The molecule has 5 heteroatoms. The number of rotatable bonds is 4. The van der Waals surface area contributed by atoms with E-state index in [2.05, 4.69) is 11.1 Å². The Labute approximate surface area is 162 Å². The van der Waals surface area contributed by atoms with E-state index in [1.165, 1.54) is 4.57 Å². The fourth-order valence-electron chi connectivity index (χ4n) is 3.25. The molecule has 0 aliphatic heterocycles. The van der Waals surface area contributed by atoms with Crippen LogP contribution in [-0.4, -0.2) is 9.55 Å². The van der Waals surface area contributed by atoms with Gasteiger partial charge in [0.05, 0.1) is 5.69 Å². The second kappa shape index (κ2) is 7.37. The molecule has 0 saturated heterocycles. The summed E-state index contributed by atoms with van der Waals surface area (Å²) in [7, 11) is 1.62. The maximum absolute atomic E-state index is 12.7. The number of hydrogen-bond donors (Lipinski definition) is 0. The highest BCUT2D eigenvalue weighted by Crippen LogP contribution is 2.32. The van der Waals surface area contributed by atoms with Gasteiger partial charge in [-0.15, -0.1) is 0 Å². The Kier molecular flexibility index (Phi) is 4.61. The molecule has 0 radical (unpaired) electrons. The summed E-state index contributed by atoms with van der Waals surface area (Å²) in [6.45, 7) is 0.322. The average molecular weight is 367 g/mol. The van der Waals surface area contributed by atoms with E-state index in [9.17, 15) is 10.1 Å². The molecule has 4 rings (SSSR count). The van der Waals surface area contributed by atoms with Gasteiger partial charge >= 0.3 is 0 Å². The molecule has 0 aliphatic rings. The lowest BCUT2D eigenvalue weighted by Crippen LogP contribution is -2.20. The largest absolute Gasteiger partial charge is 0.487 e. The zero-order valence-electron chi connectivity index (χ0n) is 15.3. The van der Waals surface area contributed by atoms with Gasteiger partial charge in [0.15, 0.2) is 0 Å². The van der Waals surface area contributed by atoms with Gasteiger partial charge in [-0.2, -0.15) is 5.26 Å². The predicted molar refractivity (Wildman–Crippen MR) is 108 cm³/mol. The van der Waals surface area contributed by atoms with Crippen molar-refractivity contribution in [3.05, 3.63) is 94.7 Å². The van der Waals surface area contributed by atoms with Crippen LogP contribution in [0, 0.1) is 11.3 Å². The Morgan fingerprint density at radius 2 is 1.82 bits per heavy atom. The number of fused-ring (bicyclic) bond motifs is 1. The Balaban J connectivity index is 1.88. The first kappa shape index (κ1) is 17.5. The van der Waals surface area contributed by atoms with Gasteiger partial charge in [-0.3, -0.25) is 9.78 Å². The van der Waals surface area contributed by atoms with Crippen molar-refractivity contribution in [2.45, 2.75) is 6.61 Å². The standard InChI is InChI=1S/C23H17N3O2/c1-26-21(14-24)22(16-7-3-2-4-8-16)20-13-18(10-11-19(20)23(26)27)28-15-17-9-5-6-12-25-17/h2-13H,15H2,1H3. The third kappa shape index (κ3) is 3.12. The highest BCUT2D eigenvalue weighted by molar-refractivity contribution is 5.99. The molecule has 0 atom stereocenters. The van der Waals surface area contributed by atoms with E-state index in [1.807, 2.05) is 54.6 Å². The minimum absolute atomic E-state index is 0.206. The second-order valence-corrected chi connectivity index (χ2v) is 6.38. The SMILES string of the molecule is Cn1c(C#N)c(-c2ccccc2)c2cc(OCc3ccccn3)ccc2c1=O. The molecule has 0 fully saturated rings. The lowest BCUT2D eigenvalue weighted by atomic mass is 9.97. The third-order valence-electron chi connectivity index (χ3n) is 4.65. The maximum Gasteiger partial charge on any atom is 0.259 e. The summed E-state index contributed by atoms with van der Waals surface area (Å²) in [6.07, 6.45) is 1.72. The van der Waals surface area contributed by atoms with Crippen LogP contribution < -0.4 is 10.3 Å². The van der Waals surface area contributed by atoms with E-state index in [0.29, 0.717) is 28.8 Å². The lowest BCUT2D eigenvalue weighted by molar-refractivity contribution is 0.302. The summed E-state index contributed by atoms with van der Waals surface area (Å²) in [4.78, 5) is 17.0. The van der Waals surface area contributed by atoms with Gasteiger partial charge in [-0.05, 0) is 35.9 Å². The van der Waals surface area contributed by atoms with E-state index in [4.69, 9.17) is 4.74 Å². The van der Waals surface area contributed by atoms with Crippen molar-refractivity contribution >= 4 is 10.8 Å². The smallest absolute Gasteiger partial charge is 0.259 e. The summed E-state index contributed by atoms with van der Waals surface area (Å²) in [5.74, 6) is 0.618. The number of aromatic nitrogens is 2. The molecule has 0 bridgehead atoms. The van der Waals surface area contributed by atoms with Crippen LogP contribution in [-0.2, 0) is 13.7 Å². The van der Waals surface area contributed by atoms with Crippen LogP contribution in [0.25, 0.3) is 21.9 Å². The molecule has 0 unspecified atom stereocenters. The molecule has 2 heterocycles. The number of hydrogen-bond acceptors (Lipinski definition) is 4. The van der Waals surface area contributed by atoms with Crippen LogP contribution in [0.1, 0.15) is 11.4 Å². The van der Waals surface area contributed by atoms with Gasteiger partial charge < -0.3 is 9.30 Å². The van der Waals surface area contributed by atoms with Gasteiger partial charge in [-0.1, -0.05) is 36.4 Å². The van der Waals surface area contributed by atoms with Crippen molar-refractivity contribution in [2.24, 2.45) is 7.05 Å². The molecule has 5 nitrogen and oxygen atoms in total. The Morgan fingerprint density at radius 3 is 2.54 bits per heavy atom. The Bertz CT molecular complexity index is 1240. The van der Waals surface area contributed by atoms with E-state index >= 15 is 0 Å². The lowest BCUT2D eigenvalue weighted by Gasteiger charge is -2.14. The minimum atomic E-state index is -0.206. The molecule has 0 N–H and O–H groups in total. The quantitative estimate of drug-likeness (QED) is 0.546. The topological polar surface area (TPSA) is 67.9 Å². The normalized spacial score (nSPS) is 10.6. The first-order valence-electron chi connectivity index (χ1n) is 8.84. The molecule has 2 aromatic carbocycles. The number of benzene rings is 2. The van der Waals surface area contributed by atoms with Gasteiger partial charge in [0.1, 0.15) is 24.1 Å². The number of nitriles is 1. The highest BCUT2D eigenvalue weighted by atomic mass is 16.5. The van der Waals surface area contributed by atoms with Gasteiger partial charge in [0.2, 0.25) is 0 Å². The fraction of sp³-hybridized carbons (Fsp3) is 0.0870. The highest BCUT2D eigenvalue weighted by Gasteiger charge is 2.17. The number of pyridine rings is 2. The van der Waals surface area contributed by atoms with Crippen LogP contribution in [0.5, 0.6) is 5.75 Å². The summed E-state index contributed by atoms with van der Waals surface area (Å²) in [5, 5.41) is 11.0. The maximum atomic E-state index is 12.7. The molecule has 2 aromatic heterocycles. The van der Waals surface area contributed by atoms with Crippen LogP contribution in [0.4, 0.5) is 0 Å². The van der Waals surface area contributed by atoms with Crippen molar-refractivity contribution in [1.29, 1.82) is 5.26 Å². The predicted octanol–water partition coefficient (Wildman–Crippen LogP) is 4.05. The van der Waals surface area contributed by atoms with Gasteiger partial charge in [-0.25, -0.2) is 0 Å². The molecule has 4 aromatic rings. The molecular formula is C23H17N3O2. The van der Waals surface area contributed by atoms with E-state index in [-0.39, 0.29) is 5.56 Å². The number of nitrogens with zero attached hydrogens (tertiary/aromatic N) is 3. The first-order valence-corrected chi connectivity index (χ1v) is 8.84. The van der Waals surface area contributed by atoms with Crippen molar-refractivity contribution < 1.29 is 4.74 Å². The summed E-state index contributed by atoms with van der Waals surface area (Å²) in [5.41, 5.74) is 2.53. The molecule has 136 valence electrons. The average Bonchev–Trinajstić information content (AvgIpc) is 2.75. The Morgan fingerprint density at radius 1 is 1.04 bits per heavy atom. The minimum Gasteiger partial charge on any atom is -0.487 e. The summed E-state index contributed by atoms with van der Waals surface area (Å²) >= 11 is 0. The molecule has 28 heavy (non-hydrogen) atoms. The van der Waals surface area contributed by atoms with Crippen molar-refractivity contribution in [2.75, 3.05) is 0 Å². The molecule has 0 amide bonds. The van der Waals surface area contributed by atoms with Crippen molar-refractivity contribution in [3.63, 3.8) is 0 Å². The fourth-order valence-corrected chi connectivity index (χ4v) is 3.25. The Hall–Kier alpha value is -3.91. The van der Waals surface area contributed by atoms with E-state index < -0.39 is 0 Å². The third-order valence-corrected chi connectivity index (χ3v) is 4.65. The van der Waals surface area contributed by atoms with Crippen LogP contribution in [0.2, 0.25) is 0 Å². The molecule has 0 spiro atoms. The zero-order valence-corrected chi connectivity index (χ0v) is 15.3. The van der Waals surface area contributed by atoms with Gasteiger partial charge in [0.25, 0.3) is 5.56 Å². The van der Waals surface area contributed by atoms with Crippen molar-refractivity contribution in [3.8, 4) is 22.9 Å². The van der Waals surface area contributed by atoms with Crippen LogP contribution in [0.3, 0.4) is 0 Å². The van der Waals surface area contributed by atoms with E-state index in [1.54, 1.807) is 25.4 Å². The molecule has 0 saturated carbocycles. The van der Waals surface area contributed by atoms with Gasteiger partial charge in [0, 0.05) is 29.6 Å². The zero-order chi connectivity index (χ0) is 19.5. The van der Waals surface area contributed by atoms with Crippen LogP contribution in [0.15, 0.2) is 77.7 Å². The summed E-state index contributed by atoms with van der Waals surface area (Å²) in [6, 6.07) is 22.8. The summed E-state index contributed by atoms with van der Waals surface area (Å²) < 4.78 is 7.28. The molecular weight excluding hydrogens is 350 g/mol.